The molecule has 3 aromatic rings. The molecule has 1 N–H and O–H groups in total. The van der Waals surface area contributed by atoms with Crippen LogP contribution in [0.2, 0.25) is 0 Å². The summed E-state index contributed by atoms with van der Waals surface area (Å²) in [6, 6.07) is 3.53. The largest absolute Gasteiger partial charge is 0.349 e. The molecule has 2 heterocycles. The molecule has 20 heavy (non-hydrogen) atoms. The molecular weight excluding hydrogens is 280 g/mol. The van der Waals surface area contributed by atoms with E-state index in [1.54, 1.807) is 18.6 Å². The number of imidazole rings is 1. The van der Waals surface area contributed by atoms with Gasteiger partial charge in [-0.1, -0.05) is 0 Å². The molecule has 6 heteroatoms. The monoisotopic (exact) mass is 291 g/mol. The average Bonchev–Trinajstić information content (AvgIpc) is 3.07. The lowest BCUT2D eigenvalue weighted by Gasteiger charge is -1.98. The van der Waals surface area contributed by atoms with E-state index in [2.05, 4.69) is 15.0 Å². The van der Waals surface area contributed by atoms with Crippen LogP contribution in [0.5, 0.6) is 0 Å². The van der Waals surface area contributed by atoms with Crippen molar-refractivity contribution in [2.45, 2.75) is 12.8 Å². The highest BCUT2D eigenvalue weighted by Crippen LogP contribution is 2.28. The van der Waals surface area contributed by atoms with Crippen LogP contribution in [-0.2, 0) is 12.8 Å². The van der Waals surface area contributed by atoms with E-state index >= 15 is 0 Å². The van der Waals surface area contributed by atoms with Crippen molar-refractivity contribution in [3.8, 4) is 10.6 Å². The van der Waals surface area contributed by atoms with Gasteiger partial charge in [-0.05, 0) is 18.6 Å². The fourth-order valence-electron chi connectivity index (χ4n) is 1.89. The average molecular weight is 291 g/mol. The van der Waals surface area contributed by atoms with Crippen LogP contribution in [0.4, 0.5) is 8.78 Å². The van der Waals surface area contributed by atoms with Gasteiger partial charge in [-0.3, -0.25) is 0 Å². The molecule has 0 bridgehead atoms. The first-order valence-electron chi connectivity index (χ1n) is 6.11. The molecule has 0 aliphatic heterocycles. The number of nitrogens with one attached hydrogen (secondary N) is 1. The Kier molecular flexibility index (Phi) is 3.56. The maximum atomic E-state index is 13.7. The molecule has 0 aliphatic rings. The number of benzene rings is 1. The molecule has 0 radical (unpaired) electrons. The van der Waals surface area contributed by atoms with Gasteiger partial charge < -0.3 is 4.98 Å². The number of halogens is 2. The maximum absolute atomic E-state index is 13.7. The zero-order valence-corrected chi connectivity index (χ0v) is 11.3. The van der Waals surface area contributed by atoms with Gasteiger partial charge in [-0.2, -0.15) is 0 Å². The number of nitrogens with zero attached hydrogens (tertiary/aromatic N) is 2. The van der Waals surface area contributed by atoms with E-state index < -0.39 is 11.6 Å². The zero-order valence-electron chi connectivity index (χ0n) is 10.4. The van der Waals surface area contributed by atoms with Crippen LogP contribution in [0, 0.1) is 11.6 Å². The minimum atomic E-state index is -0.586. The van der Waals surface area contributed by atoms with Crippen molar-refractivity contribution >= 4 is 11.3 Å². The van der Waals surface area contributed by atoms with E-state index in [1.807, 2.05) is 0 Å². The second-order valence-corrected chi connectivity index (χ2v) is 5.41. The highest BCUT2D eigenvalue weighted by molar-refractivity contribution is 7.15. The Morgan fingerprint density at radius 3 is 2.80 bits per heavy atom. The van der Waals surface area contributed by atoms with Gasteiger partial charge in [-0.15, -0.1) is 11.3 Å². The number of aromatic amines is 1. The summed E-state index contributed by atoms with van der Waals surface area (Å²) in [6.07, 6.45) is 6.78. The van der Waals surface area contributed by atoms with E-state index in [4.69, 9.17) is 0 Å². The van der Waals surface area contributed by atoms with Crippen LogP contribution in [0.25, 0.3) is 10.6 Å². The molecule has 102 valence electrons. The van der Waals surface area contributed by atoms with Crippen LogP contribution in [0.3, 0.4) is 0 Å². The normalized spacial score (nSPS) is 10.9. The number of thiazole rings is 1. The molecule has 2 aromatic heterocycles. The first-order valence-corrected chi connectivity index (χ1v) is 6.92. The lowest BCUT2D eigenvalue weighted by molar-refractivity contribution is 0.585. The van der Waals surface area contributed by atoms with Crippen molar-refractivity contribution in [1.82, 2.24) is 15.0 Å². The molecular formula is C14H11F2N3S. The van der Waals surface area contributed by atoms with Gasteiger partial charge in [0.1, 0.15) is 22.5 Å². The van der Waals surface area contributed by atoms with Gasteiger partial charge in [0.25, 0.3) is 0 Å². The van der Waals surface area contributed by atoms with Gasteiger partial charge >= 0.3 is 0 Å². The van der Waals surface area contributed by atoms with E-state index in [0.717, 1.165) is 29.6 Å². The number of H-pyrrole nitrogens is 1. The van der Waals surface area contributed by atoms with Crippen LogP contribution < -0.4 is 0 Å². The molecule has 3 nitrogen and oxygen atoms in total. The lowest BCUT2D eigenvalue weighted by Crippen LogP contribution is -1.90. The summed E-state index contributed by atoms with van der Waals surface area (Å²) in [5.41, 5.74) is 0.334. The fraction of sp³-hybridized carbons (Fsp3) is 0.143. The number of aromatic nitrogens is 3. The summed E-state index contributed by atoms with van der Waals surface area (Å²) in [4.78, 5) is 12.4. The first-order chi connectivity index (χ1) is 9.72. The van der Waals surface area contributed by atoms with Crippen molar-refractivity contribution in [1.29, 1.82) is 0 Å². The van der Waals surface area contributed by atoms with Gasteiger partial charge in [-0.25, -0.2) is 18.7 Å². The summed E-state index contributed by atoms with van der Waals surface area (Å²) in [7, 11) is 0. The van der Waals surface area contributed by atoms with E-state index in [0.29, 0.717) is 10.6 Å². The number of hydrogen-bond donors (Lipinski definition) is 1. The molecule has 0 fully saturated rings. The topological polar surface area (TPSA) is 41.6 Å². The highest BCUT2D eigenvalue weighted by Gasteiger charge is 2.11. The summed E-state index contributed by atoms with van der Waals surface area (Å²) in [5.74, 6) is -0.259. The van der Waals surface area contributed by atoms with Crippen molar-refractivity contribution < 1.29 is 8.78 Å². The predicted molar refractivity (Wildman–Crippen MR) is 73.5 cm³/mol. The summed E-state index contributed by atoms with van der Waals surface area (Å²) >= 11 is 1.41. The van der Waals surface area contributed by atoms with E-state index in [-0.39, 0.29) is 0 Å². The van der Waals surface area contributed by atoms with Crippen LogP contribution in [0.15, 0.2) is 36.8 Å². The Bertz CT molecular complexity index is 707. The Labute approximate surface area is 118 Å². The molecule has 0 amide bonds. The third kappa shape index (κ3) is 2.75. The number of aryl methyl sites for hydroxylation is 2. The first kappa shape index (κ1) is 12.9. The second-order valence-electron chi connectivity index (χ2n) is 4.29. The third-order valence-corrected chi connectivity index (χ3v) is 3.97. The van der Waals surface area contributed by atoms with Crippen molar-refractivity contribution in [3.63, 3.8) is 0 Å². The minimum Gasteiger partial charge on any atom is -0.349 e. The summed E-state index contributed by atoms with van der Waals surface area (Å²) < 4.78 is 26.5. The number of rotatable bonds is 4. The van der Waals surface area contributed by atoms with Gasteiger partial charge in [0.15, 0.2) is 0 Å². The Morgan fingerprint density at radius 1 is 1.15 bits per heavy atom. The molecule has 0 unspecified atom stereocenters. The summed E-state index contributed by atoms with van der Waals surface area (Å²) in [5, 5.41) is 0.567. The summed E-state index contributed by atoms with van der Waals surface area (Å²) in [6.45, 7) is 0. The zero-order chi connectivity index (χ0) is 13.9. The predicted octanol–water partition coefficient (Wildman–Crippen LogP) is 3.60. The fourth-order valence-corrected chi connectivity index (χ4v) is 2.83. The van der Waals surface area contributed by atoms with Crippen LogP contribution in [0.1, 0.15) is 10.7 Å². The molecule has 0 saturated carbocycles. The number of hydrogen-bond acceptors (Lipinski definition) is 3. The second kappa shape index (κ2) is 5.50. The maximum Gasteiger partial charge on any atom is 0.136 e. The Hall–Kier alpha value is -2.08. The van der Waals surface area contributed by atoms with Crippen molar-refractivity contribution in [2.24, 2.45) is 0 Å². The Morgan fingerprint density at radius 2 is 2.05 bits per heavy atom. The van der Waals surface area contributed by atoms with E-state index in [9.17, 15) is 8.78 Å². The highest BCUT2D eigenvalue weighted by atomic mass is 32.1. The molecule has 1 aromatic carbocycles. The quantitative estimate of drug-likeness (QED) is 0.798. The molecule has 0 spiro atoms. The van der Waals surface area contributed by atoms with Crippen molar-refractivity contribution in [2.75, 3.05) is 0 Å². The lowest BCUT2D eigenvalue weighted by atomic mass is 10.2. The molecule has 0 saturated heterocycles. The third-order valence-electron chi connectivity index (χ3n) is 2.88. The molecule has 0 atom stereocenters. The van der Waals surface area contributed by atoms with Crippen LogP contribution >= 0.6 is 11.3 Å². The molecule has 3 rings (SSSR count). The molecule has 0 aliphatic carbocycles. The smallest absolute Gasteiger partial charge is 0.136 e. The SMILES string of the molecule is Fc1ccc(-c2ncc(CCc3ncc[nH]3)s2)c(F)c1. The van der Waals surface area contributed by atoms with Gasteiger partial charge in [0.2, 0.25) is 0 Å². The van der Waals surface area contributed by atoms with E-state index in [1.165, 1.54) is 23.5 Å². The van der Waals surface area contributed by atoms with Crippen LogP contribution in [-0.4, -0.2) is 15.0 Å². The minimum absolute atomic E-state index is 0.334. The van der Waals surface area contributed by atoms with Crippen molar-refractivity contribution in [3.05, 3.63) is 59.1 Å². The standard InChI is InChI=1S/C14H11F2N3S/c15-9-1-3-11(12(16)7-9)14-19-8-10(20-14)2-4-13-17-5-6-18-13/h1,3,5-8H,2,4H2,(H,17,18). The van der Waals surface area contributed by atoms with Gasteiger partial charge in [0, 0.05) is 41.5 Å². The Balaban J connectivity index is 1.76. The van der Waals surface area contributed by atoms with Gasteiger partial charge in [0.05, 0.1) is 0 Å².